The van der Waals surface area contributed by atoms with Crippen molar-refractivity contribution in [1.29, 1.82) is 0 Å². The summed E-state index contributed by atoms with van der Waals surface area (Å²) in [6.45, 7) is 4.13. The third-order valence-corrected chi connectivity index (χ3v) is 1.75. The molecule has 0 aliphatic heterocycles. The minimum Gasteiger partial charge on any atom is -0.490 e. The maximum absolute atomic E-state index is 5.37. The summed E-state index contributed by atoms with van der Waals surface area (Å²) in [4.78, 5) is 1.82. The van der Waals surface area contributed by atoms with E-state index in [1.165, 1.54) is 0 Å². The molecule has 68 valence electrons. The average Bonchev–Trinajstić information content (AvgIpc) is 2.16. The molecular formula is C11H11BrO. The van der Waals surface area contributed by atoms with Crippen molar-refractivity contribution in [3.05, 3.63) is 47.5 Å². The van der Waals surface area contributed by atoms with Crippen molar-refractivity contribution in [3.63, 3.8) is 0 Å². The summed E-state index contributed by atoms with van der Waals surface area (Å²) in [5.41, 5.74) is 1.11. The van der Waals surface area contributed by atoms with Gasteiger partial charge in [-0.25, -0.2) is 0 Å². The van der Waals surface area contributed by atoms with E-state index in [9.17, 15) is 0 Å². The summed E-state index contributed by atoms with van der Waals surface area (Å²) in [5, 5.41) is 0. The van der Waals surface area contributed by atoms with Crippen LogP contribution in [0, 0.1) is 0 Å². The number of hydrogen-bond donors (Lipinski definition) is 0. The third kappa shape index (κ3) is 3.47. The maximum atomic E-state index is 5.37. The molecule has 0 spiro atoms. The van der Waals surface area contributed by atoms with Crippen LogP contribution in [0.1, 0.15) is 5.56 Å². The van der Waals surface area contributed by atoms with Gasteiger partial charge in [-0.05, 0) is 28.8 Å². The van der Waals surface area contributed by atoms with Crippen LogP contribution in [0.4, 0.5) is 0 Å². The van der Waals surface area contributed by atoms with Gasteiger partial charge in [0.15, 0.2) is 0 Å². The number of hydrogen-bond acceptors (Lipinski definition) is 1. The zero-order valence-corrected chi connectivity index (χ0v) is 8.83. The lowest BCUT2D eigenvalue weighted by atomic mass is 10.2. The van der Waals surface area contributed by atoms with Crippen molar-refractivity contribution in [3.8, 4) is 5.75 Å². The second-order valence-corrected chi connectivity index (χ2v) is 2.99. The molecule has 13 heavy (non-hydrogen) atoms. The van der Waals surface area contributed by atoms with Gasteiger partial charge in [0.1, 0.15) is 12.4 Å². The van der Waals surface area contributed by atoms with E-state index in [2.05, 4.69) is 22.5 Å². The first kappa shape index (κ1) is 10.1. The minimum absolute atomic E-state index is 0.543. The molecule has 1 rings (SSSR count). The van der Waals surface area contributed by atoms with E-state index in [4.69, 9.17) is 4.74 Å². The van der Waals surface area contributed by atoms with Crippen LogP contribution in [0.15, 0.2) is 41.9 Å². The fourth-order valence-electron chi connectivity index (χ4n) is 0.936. The van der Waals surface area contributed by atoms with Crippen LogP contribution in [0.25, 0.3) is 6.08 Å². The zero-order valence-electron chi connectivity index (χ0n) is 7.24. The van der Waals surface area contributed by atoms with E-state index in [0.29, 0.717) is 6.61 Å². The van der Waals surface area contributed by atoms with Crippen molar-refractivity contribution in [2.24, 2.45) is 0 Å². The van der Waals surface area contributed by atoms with Crippen molar-refractivity contribution < 1.29 is 4.74 Å². The smallest absolute Gasteiger partial charge is 0.120 e. The second kappa shape index (κ2) is 5.60. The fraction of sp³-hybridized carbons (Fsp3) is 0.0909. The molecule has 0 amide bonds. The molecule has 0 radical (unpaired) electrons. The van der Waals surface area contributed by atoms with Crippen LogP contribution in [0.3, 0.4) is 0 Å². The highest BCUT2D eigenvalue weighted by Crippen LogP contribution is 2.14. The lowest BCUT2D eigenvalue weighted by molar-refractivity contribution is 0.363. The Morgan fingerprint density at radius 3 is 3.00 bits per heavy atom. The Morgan fingerprint density at radius 1 is 1.46 bits per heavy atom. The quantitative estimate of drug-likeness (QED) is 0.729. The first-order valence-corrected chi connectivity index (χ1v) is 4.89. The Kier molecular flexibility index (Phi) is 4.33. The van der Waals surface area contributed by atoms with Crippen LogP contribution < -0.4 is 4.74 Å². The van der Waals surface area contributed by atoms with Crippen LogP contribution in [0.5, 0.6) is 5.75 Å². The van der Waals surface area contributed by atoms with Gasteiger partial charge in [-0.15, -0.1) is 0 Å². The number of ether oxygens (including phenoxy) is 1. The van der Waals surface area contributed by atoms with Gasteiger partial charge in [0.25, 0.3) is 0 Å². The SMILES string of the molecule is C=CCOc1cccc(/C=C/Br)c1. The van der Waals surface area contributed by atoms with Gasteiger partial charge < -0.3 is 4.74 Å². The molecule has 2 heteroatoms. The minimum atomic E-state index is 0.543. The highest BCUT2D eigenvalue weighted by atomic mass is 79.9. The predicted molar refractivity (Wildman–Crippen MR) is 60.1 cm³/mol. The molecule has 0 bridgehead atoms. The second-order valence-electron chi connectivity index (χ2n) is 2.46. The normalized spacial score (nSPS) is 10.2. The summed E-state index contributed by atoms with van der Waals surface area (Å²) in [7, 11) is 0. The molecule has 1 nitrogen and oxygen atoms in total. The zero-order chi connectivity index (χ0) is 9.52. The monoisotopic (exact) mass is 238 g/mol. The third-order valence-electron chi connectivity index (χ3n) is 1.48. The molecule has 0 heterocycles. The molecule has 1 aromatic rings. The van der Waals surface area contributed by atoms with Crippen LogP contribution in [-0.4, -0.2) is 6.61 Å². The van der Waals surface area contributed by atoms with Gasteiger partial charge in [0.05, 0.1) is 0 Å². The Balaban J connectivity index is 2.72. The molecule has 0 saturated heterocycles. The summed E-state index contributed by atoms with van der Waals surface area (Å²) in [6, 6.07) is 7.87. The van der Waals surface area contributed by atoms with Gasteiger partial charge in [-0.2, -0.15) is 0 Å². The highest BCUT2D eigenvalue weighted by molar-refractivity contribution is 9.11. The van der Waals surface area contributed by atoms with Gasteiger partial charge in [-0.1, -0.05) is 40.7 Å². The predicted octanol–water partition coefficient (Wildman–Crippen LogP) is 3.62. The fourth-order valence-corrected chi connectivity index (χ4v) is 1.24. The summed E-state index contributed by atoms with van der Waals surface area (Å²) in [5.74, 6) is 0.864. The van der Waals surface area contributed by atoms with Gasteiger partial charge >= 0.3 is 0 Å². The highest BCUT2D eigenvalue weighted by Gasteiger charge is 1.91. The largest absolute Gasteiger partial charge is 0.490 e. The first-order valence-electron chi connectivity index (χ1n) is 3.97. The van der Waals surface area contributed by atoms with Crippen LogP contribution in [0.2, 0.25) is 0 Å². The topological polar surface area (TPSA) is 9.23 Å². The number of halogens is 1. The van der Waals surface area contributed by atoms with Crippen molar-refractivity contribution in [2.75, 3.05) is 6.61 Å². The maximum Gasteiger partial charge on any atom is 0.120 e. The Labute approximate surface area is 86.9 Å². The van der Waals surface area contributed by atoms with E-state index in [1.54, 1.807) is 6.08 Å². The molecule has 0 aliphatic rings. The first-order chi connectivity index (χ1) is 6.36. The Hall–Kier alpha value is -1.02. The van der Waals surface area contributed by atoms with E-state index in [-0.39, 0.29) is 0 Å². The number of benzene rings is 1. The molecule has 1 aromatic carbocycles. The van der Waals surface area contributed by atoms with Crippen LogP contribution >= 0.6 is 15.9 Å². The molecule has 0 saturated carbocycles. The average molecular weight is 239 g/mol. The van der Waals surface area contributed by atoms with Crippen molar-refractivity contribution in [1.82, 2.24) is 0 Å². The van der Waals surface area contributed by atoms with Crippen molar-refractivity contribution >= 4 is 22.0 Å². The molecule has 0 atom stereocenters. The van der Waals surface area contributed by atoms with Crippen LogP contribution in [-0.2, 0) is 0 Å². The van der Waals surface area contributed by atoms with E-state index >= 15 is 0 Å². The number of rotatable bonds is 4. The van der Waals surface area contributed by atoms with E-state index in [1.807, 2.05) is 35.3 Å². The Morgan fingerprint density at radius 2 is 2.31 bits per heavy atom. The van der Waals surface area contributed by atoms with E-state index in [0.717, 1.165) is 11.3 Å². The molecule has 0 unspecified atom stereocenters. The standard InChI is InChI=1S/C11H11BrO/c1-2-8-13-11-5-3-4-10(9-11)6-7-12/h2-7,9H,1,8H2/b7-6+. The lowest BCUT2D eigenvalue weighted by Crippen LogP contribution is -1.92. The summed E-state index contributed by atoms with van der Waals surface area (Å²) < 4.78 is 5.37. The van der Waals surface area contributed by atoms with Gasteiger partial charge in [0, 0.05) is 0 Å². The summed E-state index contributed by atoms with van der Waals surface area (Å²) in [6.07, 6.45) is 3.69. The van der Waals surface area contributed by atoms with Crippen molar-refractivity contribution in [2.45, 2.75) is 0 Å². The van der Waals surface area contributed by atoms with Gasteiger partial charge in [-0.3, -0.25) is 0 Å². The molecular weight excluding hydrogens is 228 g/mol. The Bertz CT molecular complexity index is 305. The molecule has 0 aliphatic carbocycles. The molecule has 0 fully saturated rings. The summed E-state index contributed by atoms with van der Waals surface area (Å²) >= 11 is 3.23. The lowest BCUT2D eigenvalue weighted by Gasteiger charge is -2.02. The molecule has 0 N–H and O–H groups in total. The molecule has 0 aromatic heterocycles. The van der Waals surface area contributed by atoms with E-state index < -0.39 is 0 Å². The van der Waals surface area contributed by atoms with Gasteiger partial charge in [0.2, 0.25) is 0 Å².